The van der Waals surface area contributed by atoms with E-state index in [0.717, 1.165) is 13.7 Å². The van der Waals surface area contributed by atoms with Crippen molar-refractivity contribution in [2.75, 3.05) is 27.8 Å². The van der Waals surface area contributed by atoms with Gasteiger partial charge in [0.2, 0.25) is 0 Å². The number of aromatic nitrogens is 9. The minimum Gasteiger partial charge on any atom is -0.400 e. The number of nitrogens with zero attached hydrogens (tertiary/aromatic N) is 9. The van der Waals surface area contributed by atoms with Crippen molar-refractivity contribution in [3.05, 3.63) is 37.5 Å². The second kappa shape index (κ2) is 19.8. The van der Waals surface area contributed by atoms with Gasteiger partial charge in [0.25, 0.3) is 0 Å². The number of H-pyrrole nitrogens is 1. The van der Waals surface area contributed by atoms with Crippen molar-refractivity contribution >= 4 is 0 Å². The molecule has 2 atom stereocenters. The maximum atomic E-state index is 9.47. The van der Waals surface area contributed by atoms with Crippen LogP contribution in [0.5, 0.6) is 0 Å². The van der Waals surface area contributed by atoms with Crippen molar-refractivity contribution in [2.45, 2.75) is 32.1 Å². The van der Waals surface area contributed by atoms with E-state index in [1.807, 2.05) is 7.05 Å². The summed E-state index contributed by atoms with van der Waals surface area (Å²) in [5, 5.41) is 30.0. The van der Waals surface area contributed by atoms with Crippen LogP contribution >= 0.6 is 0 Å². The molecule has 3 N–H and O–H groups in total. The molecule has 13 nitrogen and oxygen atoms in total. The van der Waals surface area contributed by atoms with Gasteiger partial charge in [-0.15, -0.1) is 0 Å². The van der Waals surface area contributed by atoms with Gasteiger partial charge in [-0.1, -0.05) is 0 Å². The third kappa shape index (κ3) is 15.3. The summed E-state index contributed by atoms with van der Waals surface area (Å²) in [5.41, 5.74) is 0. The summed E-state index contributed by atoms with van der Waals surface area (Å²) < 4.78 is 8.34. The van der Waals surface area contributed by atoms with E-state index >= 15 is 0 Å². The van der Waals surface area contributed by atoms with Crippen molar-refractivity contribution < 1.29 is 33.8 Å². The number of nitrogens with one attached hydrogen (secondary N) is 1. The fourth-order valence-electron chi connectivity index (χ4n) is 1.94. The van der Waals surface area contributed by atoms with Crippen LogP contribution in [-0.2, 0) is 18.8 Å². The van der Waals surface area contributed by atoms with E-state index in [4.69, 9.17) is 9.84 Å². The number of aliphatic hydroxyl groups is 2. The van der Waals surface area contributed by atoms with Crippen molar-refractivity contribution in [1.82, 2.24) is 49.6 Å². The van der Waals surface area contributed by atoms with Gasteiger partial charge >= 0.3 is 18.9 Å². The van der Waals surface area contributed by atoms with Crippen LogP contribution in [0.2, 0.25) is 0 Å². The standard InChI is InChI=1S/C6H12N4O.C5H10O.C3H5N3.C2H3N3.CH4O.Li/c1-9(2)6(11)5-7-4-8-10(5)3;1-5-3-2-4-6-5;1-6-3-4-2-5-6;1-3-2-5-4-1;1-2;/h4,6,11H,1-3H3;5H,2-4H2,1H3;2-3H,1H3;1-2H,(H,3,4,5);2H,1H3;/q;;;;;+1. The summed E-state index contributed by atoms with van der Waals surface area (Å²) in [7, 11) is 8.13. The number of aromatic amines is 1. The molecule has 0 radical (unpaired) electrons. The topological polar surface area (TPSA) is 156 Å². The van der Waals surface area contributed by atoms with Crippen LogP contribution in [0.15, 0.2) is 31.6 Å². The fraction of sp³-hybridized carbons (Fsp3) is 0.647. The number of ether oxygens (including phenoxy) is 1. The Kier molecular flexibility index (Phi) is 19.8. The first-order valence-electron chi connectivity index (χ1n) is 9.23. The molecule has 0 bridgehead atoms. The SMILES string of the molecule is CC1CCCO1.CN(C)C(O)c1ncnn1C.CO.Cn1cncn1.[Li+].c1nc[nH]n1. The minimum atomic E-state index is -0.678. The molecule has 1 aliphatic rings. The minimum absolute atomic E-state index is 0. The van der Waals surface area contributed by atoms with Crippen LogP contribution in [0, 0.1) is 0 Å². The van der Waals surface area contributed by atoms with Crippen molar-refractivity contribution in [3.8, 4) is 0 Å². The molecule has 0 amide bonds. The van der Waals surface area contributed by atoms with Crippen LogP contribution in [0.25, 0.3) is 0 Å². The number of aryl methyl sites for hydroxylation is 2. The maximum absolute atomic E-state index is 9.47. The molecule has 4 heterocycles. The van der Waals surface area contributed by atoms with Gasteiger partial charge in [0.1, 0.15) is 31.6 Å². The third-order valence-corrected chi connectivity index (χ3v) is 3.49. The predicted molar refractivity (Wildman–Crippen MR) is 110 cm³/mol. The molecule has 0 spiro atoms. The van der Waals surface area contributed by atoms with Crippen LogP contribution in [0.1, 0.15) is 31.8 Å². The van der Waals surface area contributed by atoms with E-state index in [0.29, 0.717) is 11.9 Å². The molecule has 2 unspecified atom stereocenters. The Labute approximate surface area is 195 Å². The van der Waals surface area contributed by atoms with Crippen LogP contribution in [0.4, 0.5) is 0 Å². The summed E-state index contributed by atoms with van der Waals surface area (Å²) >= 11 is 0. The predicted octanol–water partition coefficient (Wildman–Crippen LogP) is -3.21. The molecule has 0 aromatic carbocycles. The second-order valence-corrected chi connectivity index (χ2v) is 6.12. The van der Waals surface area contributed by atoms with Gasteiger partial charge in [-0.3, -0.25) is 14.7 Å². The molecular formula is C17H34LiN10O3+. The van der Waals surface area contributed by atoms with Gasteiger partial charge in [-0.05, 0) is 33.9 Å². The van der Waals surface area contributed by atoms with E-state index in [9.17, 15) is 5.11 Å². The third-order valence-electron chi connectivity index (χ3n) is 3.49. The monoisotopic (exact) mass is 433 g/mol. The number of rotatable bonds is 2. The molecule has 4 rings (SSSR count). The summed E-state index contributed by atoms with van der Waals surface area (Å²) in [6.45, 7) is 3.11. The Morgan fingerprint density at radius 1 is 1.16 bits per heavy atom. The average Bonchev–Trinajstić information content (AvgIpc) is 3.54. The van der Waals surface area contributed by atoms with Gasteiger partial charge in [0.05, 0.1) is 6.10 Å². The Morgan fingerprint density at radius 3 is 2.10 bits per heavy atom. The largest absolute Gasteiger partial charge is 1.00 e. The van der Waals surface area contributed by atoms with Gasteiger partial charge in [-0.2, -0.15) is 15.3 Å². The van der Waals surface area contributed by atoms with Crippen molar-refractivity contribution in [3.63, 3.8) is 0 Å². The van der Waals surface area contributed by atoms with Crippen LogP contribution in [-0.4, -0.2) is 93.7 Å². The molecule has 1 saturated heterocycles. The second-order valence-electron chi connectivity index (χ2n) is 6.12. The fourth-order valence-corrected chi connectivity index (χ4v) is 1.94. The summed E-state index contributed by atoms with van der Waals surface area (Å²) in [6, 6.07) is 0. The van der Waals surface area contributed by atoms with Crippen LogP contribution in [0.3, 0.4) is 0 Å². The van der Waals surface area contributed by atoms with E-state index in [-0.39, 0.29) is 18.9 Å². The molecule has 3 aromatic heterocycles. The number of aliphatic hydroxyl groups excluding tert-OH is 2. The molecular weight excluding hydrogens is 399 g/mol. The zero-order chi connectivity index (χ0) is 22.8. The zero-order valence-electron chi connectivity index (χ0n) is 19.5. The normalized spacial score (nSPS) is 14.8. The van der Waals surface area contributed by atoms with Gasteiger partial charge in [0.15, 0.2) is 12.1 Å². The van der Waals surface area contributed by atoms with E-state index in [1.165, 1.54) is 38.2 Å². The van der Waals surface area contributed by atoms with Gasteiger partial charge in [0, 0.05) is 27.8 Å². The van der Waals surface area contributed by atoms with E-state index in [2.05, 4.69) is 42.3 Å². The summed E-state index contributed by atoms with van der Waals surface area (Å²) in [6.07, 6.45) is 9.91. The van der Waals surface area contributed by atoms with E-state index in [1.54, 1.807) is 41.7 Å². The first-order chi connectivity index (χ1) is 14.4. The molecule has 14 heteroatoms. The Balaban J connectivity index is 0. The Hall–Kier alpha value is -2.14. The molecule has 1 aliphatic heterocycles. The molecule has 31 heavy (non-hydrogen) atoms. The molecule has 0 saturated carbocycles. The summed E-state index contributed by atoms with van der Waals surface area (Å²) in [5.74, 6) is 0.551. The maximum Gasteiger partial charge on any atom is 1.00 e. The first kappa shape index (κ1) is 31.0. The number of hydrogen-bond donors (Lipinski definition) is 3. The summed E-state index contributed by atoms with van der Waals surface area (Å²) in [4.78, 5) is 12.8. The molecule has 0 aliphatic carbocycles. The Bertz CT molecular complexity index is 686. The van der Waals surface area contributed by atoms with Crippen molar-refractivity contribution in [2.24, 2.45) is 14.1 Å². The Morgan fingerprint density at radius 2 is 1.87 bits per heavy atom. The quantitative estimate of drug-likeness (QED) is 0.278. The van der Waals surface area contributed by atoms with Crippen LogP contribution < -0.4 is 18.9 Å². The van der Waals surface area contributed by atoms with Gasteiger partial charge in [-0.25, -0.2) is 19.6 Å². The smallest absolute Gasteiger partial charge is 0.400 e. The van der Waals surface area contributed by atoms with Crippen molar-refractivity contribution in [1.29, 1.82) is 0 Å². The molecule has 170 valence electrons. The number of hydrogen-bond acceptors (Lipinski definition) is 10. The molecule has 1 fully saturated rings. The first-order valence-corrected chi connectivity index (χ1v) is 9.23. The van der Waals surface area contributed by atoms with Gasteiger partial charge < -0.3 is 14.9 Å². The molecule has 3 aromatic rings. The zero-order valence-corrected chi connectivity index (χ0v) is 19.5. The average molecular weight is 433 g/mol. The van der Waals surface area contributed by atoms with E-state index < -0.39 is 6.23 Å².